The van der Waals surface area contributed by atoms with Gasteiger partial charge in [-0.15, -0.1) is 0 Å². The van der Waals surface area contributed by atoms with Gasteiger partial charge in [-0.1, -0.05) is 6.07 Å². The number of rotatable bonds is 4. The zero-order valence-electron chi connectivity index (χ0n) is 8.71. The molecule has 1 N–H and O–H groups in total. The number of halogens is 2. The number of aliphatic hydroxyl groups excluding tert-OH is 1. The van der Waals surface area contributed by atoms with E-state index >= 15 is 0 Å². The summed E-state index contributed by atoms with van der Waals surface area (Å²) in [5.41, 5.74) is 0.0531. The summed E-state index contributed by atoms with van der Waals surface area (Å²) in [5, 5.41) is 9.70. The molecule has 0 radical (unpaired) electrons. The largest absolute Gasteiger partial charge is 0.386 e. The van der Waals surface area contributed by atoms with Gasteiger partial charge in [0.05, 0.1) is 6.10 Å². The van der Waals surface area contributed by atoms with Crippen molar-refractivity contribution in [1.29, 1.82) is 0 Å². The number of aliphatic hydroxyl groups is 1. The molecular weight excluding hydrogens is 202 g/mol. The van der Waals surface area contributed by atoms with E-state index in [0.29, 0.717) is 6.61 Å². The van der Waals surface area contributed by atoms with Crippen LogP contribution in [0.15, 0.2) is 18.2 Å². The predicted octanol–water partition coefficient (Wildman–Crippen LogP) is 2.42. The minimum Gasteiger partial charge on any atom is -0.386 e. The molecule has 4 heteroatoms. The van der Waals surface area contributed by atoms with E-state index in [-0.39, 0.29) is 5.56 Å². The van der Waals surface area contributed by atoms with Gasteiger partial charge in [0.25, 0.3) is 0 Å². The summed E-state index contributed by atoms with van der Waals surface area (Å²) >= 11 is 0. The van der Waals surface area contributed by atoms with Gasteiger partial charge < -0.3 is 9.84 Å². The van der Waals surface area contributed by atoms with Gasteiger partial charge in [-0.25, -0.2) is 8.78 Å². The van der Waals surface area contributed by atoms with Gasteiger partial charge in [-0.05, 0) is 19.9 Å². The zero-order valence-corrected chi connectivity index (χ0v) is 8.71. The Morgan fingerprint density at radius 1 is 1.40 bits per heavy atom. The van der Waals surface area contributed by atoms with E-state index in [1.54, 1.807) is 13.8 Å². The Balaban J connectivity index is 2.86. The summed E-state index contributed by atoms with van der Waals surface area (Å²) in [5.74, 6) is -1.42. The van der Waals surface area contributed by atoms with E-state index in [2.05, 4.69) is 0 Å². The molecule has 0 aliphatic rings. The molecule has 15 heavy (non-hydrogen) atoms. The molecule has 1 aromatic carbocycles. The second-order valence-electron chi connectivity index (χ2n) is 3.27. The van der Waals surface area contributed by atoms with Crippen LogP contribution in [0.4, 0.5) is 8.78 Å². The van der Waals surface area contributed by atoms with Gasteiger partial charge in [0.2, 0.25) is 0 Å². The molecule has 0 fully saturated rings. The first-order chi connectivity index (χ1) is 7.06. The lowest BCUT2D eigenvalue weighted by molar-refractivity contribution is -0.0242. The minimum absolute atomic E-state index is 0.0531. The smallest absolute Gasteiger partial charge is 0.132 e. The normalized spacial score (nSPS) is 15.0. The van der Waals surface area contributed by atoms with E-state index in [1.165, 1.54) is 6.07 Å². The van der Waals surface area contributed by atoms with Crippen LogP contribution in [0.2, 0.25) is 0 Å². The van der Waals surface area contributed by atoms with Crippen LogP contribution in [0.1, 0.15) is 25.5 Å². The van der Waals surface area contributed by atoms with Crippen LogP contribution in [0, 0.1) is 11.6 Å². The average molecular weight is 216 g/mol. The number of hydrogen-bond donors (Lipinski definition) is 1. The molecule has 0 spiro atoms. The molecule has 0 aliphatic carbocycles. The second kappa shape index (κ2) is 5.19. The van der Waals surface area contributed by atoms with Crippen molar-refractivity contribution in [1.82, 2.24) is 0 Å². The number of ether oxygens (including phenoxy) is 1. The van der Waals surface area contributed by atoms with Crippen LogP contribution in [-0.2, 0) is 4.74 Å². The van der Waals surface area contributed by atoms with Crippen molar-refractivity contribution >= 4 is 0 Å². The van der Waals surface area contributed by atoms with Gasteiger partial charge in [0.15, 0.2) is 0 Å². The maximum Gasteiger partial charge on any atom is 0.132 e. The molecule has 0 heterocycles. The van der Waals surface area contributed by atoms with Crippen LogP contribution in [0.5, 0.6) is 0 Å². The molecule has 0 amide bonds. The SMILES string of the molecule is CCOC(C)C(O)c1ccc(F)cc1F. The van der Waals surface area contributed by atoms with E-state index in [1.807, 2.05) is 0 Å². The van der Waals surface area contributed by atoms with E-state index < -0.39 is 23.8 Å². The molecule has 1 aromatic rings. The standard InChI is InChI=1S/C11H14F2O2/c1-3-15-7(2)11(14)9-5-4-8(12)6-10(9)13/h4-7,11,14H,3H2,1-2H3. The summed E-state index contributed by atoms with van der Waals surface area (Å²) < 4.78 is 31.0. The first-order valence-corrected chi connectivity index (χ1v) is 4.81. The van der Waals surface area contributed by atoms with Gasteiger partial charge in [0, 0.05) is 18.2 Å². The minimum atomic E-state index is -1.08. The molecule has 0 saturated heterocycles. The van der Waals surface area contributed by atoms with E-state index in [9.17, 15) is 13.9 Å². The third kappa shape index (κ3) is 2.97. The predicted molar refractivity (Wildman–Crippen MR) is 52.4 cm³/mol. The summed E-state index contributed by atoms with van der Waals surface area (Å²) in [6, 6.07) is 3.09. The summed E-state index contributed by atoms with van der Waals surface area (Å²) in [6.07, 6.45) is -1.60. The third-order valence-electron chi connectivity index (χ3n) is 2.16. The number of benzene rings is 1. The first-order valence-electron chi connectivity index (χ1n) is 4.81. The maximum absolute atomic E-state index is 13.2. The summed E-state index contributed by atoms with van der Waals surface area (Å²) in [6.45, 7) is 3.85. The monoisotopic (exact) mass is 216 g/mol. The van der Waals surface area contributed by atoms with Crippen molar-refractivity contribution in [2.24, 2.45) is 0 Å². The highest BCUT2D eigenvalue weighted by atomic mass is 19.1. The molecule has 1 rings (SSSR count). The average Bonchev–Trinajstić information content (AvgIpc) is 2.17. The molecular formula is C11H14F2O2. The first kappa shape index (κ1) is 12.1. The molecule has 0 aliphatic heterocycles. The molecule has 84 valence electrons. The maximum atomic E-state index is 13.2. The van der Waals surface area contributed by atoms with Gasteiger partial charge in [-0.3, -0.25) is 0 Å². The topological polar surface area (TPSA) is 29.5 Å². The fourth-order valence-corrected chi connectivity index (χ4v) is 1.35. The van der Waals surface area contributed by atoms with Crippen LogP contribution in [0.3, 0.4) is 0 Å². The Labute approximate surface area is 87.5 Å². The van der Waals surface area contributed by atoms with Gasteiger partial charge >= 0.3 is 0 Å². The van der Waals surface area contributed by atoms with Crippen molar-refractivity contribution in [3.8, 4) is 0 Å². The Kier molecular flexibility index (Phi) is 4.17. The highest BCUT2D eigenvalue weighted by Crippen LogP contribution is 2.22. The lowest BCUT2D eigenvalue weighted by atomic mass is 10.0. The van der Waals surface area contributed by atoms with Crippen LogP contribution < -0.4 is 0 Å². The Morgan fingerprint density at radius 3 is 2.60 bits per heavy atom. The Bertz CT molecular complexity index is 328. The highest BCUT2D eigenvalue weighted by Gasteiger charge is 2.20. The van der Waals surface area contributed by atoms with E-state index in [4.69, 9.17) is 4.74 Å². The lowest BCUT2D eigenvalue weighted by Crippen LogP contribution is -2.19. The molecule has 2 nitrogen and oxygen atoms in total. The van der Waals surface area contributed by atoms with Crippen molar-refractivity contribution < 1.29 is 18.6 Å². The fraction of sp³-hybridized carbons (Fsp3) is 0.455. The molecule has 0 aromatic heterocycles. The zero-order chi connectivity index (χ0) is 11.4. The van der Waals surface area contributed by atoms with Crippen molar-refractivity contribution in [2.75, 3.05) is 6.61 Å². The molecule has 2 atom stereocenters. The highest BCUT2D eigenvalue weighted by molar-refractivity contribution is 5.21. The lowest BCUT2D eigenvalue weighted by Gasteiger charge is -2.19. The second-order valence-corrected chi connectivity index (χ2v) is 3.27. The van der Waals surface area contributed by atoms with Crippen LogP contribution in [-0.4, -0.2) is 17.8 Å². The molecule has 0 saturated carbocycles. The third-order valence-corrected chi connectivity index (χ3v) is 2.16. The Morgan fingerprint density at radius 2 is 2.07 bits per heavy atom. The summed E-state index contributed by atoms with van der Waals surface area (Å²) in [4.78, 5) is 0. The van der Waals surface area contributed by atoms with Gasteiger partial charge in [-0.2, -0.15) is 0 Å². The van der Waals surface area contributed by atoms with Crippen LogP contribution in [0.25, 0.3) is 0 Å². The van der Waals surface area contributed by atoms with Crippen molar-refractivity contribution in [2.45, 2.75) is 26.1 Å². The van der Waals surface area contributed by atoms with Crippen molar-refractivity contribution in [3.63, 3.8) is 0 Å². The number of hydrogen-bond acceptors (Lipinski definition) is 2. The summed E-state index contributed by atoms with van der Waals surface area (Å²) in [7, 11) is 0. The van der Waals surface area contributed by atoms with E-state index in [0.717, 1.165) is 12.1 Å². The van der Waals surface area contributed by atoms with Crippen molar-refractivity contribution in [3.05, 3.63) is 35.4 Å². The Hall–Kier alpha value is -1.00. The van der Waals surface area contributed by atoms with Gasteiger partial charge in [0.1, 0.15) is 17.7 Å². The van der Waals surface area contributed by atoms with Crippen LogP contribution >= 0.6 is 0 Å². The fourth-order valence-electron chi connectivity index (χ4n) is 1.35. The molecule has 0 bridgehead atoms. The quantitative estimate of drug-likeness (QED) is 0.837. The molecule has 2 unspecified atom stereocenters.